The van der Waals surface area contributed by atoms with Crippen molar-refractivity contribution in [3.8, 4) is 0 Å². The van der Waals surface area contributed by atoms with Crippen LogP contribution in [0.25, 0.3) is 0 Å². The maximum absolute atomic E-state index is 12.5. The summed E-state index contributed by atoms with van der Waals surface area (Å²) in [6.45, 7) is 2.05. The van der Waals surface area contributed by atoms with Gasteiger partial charge < -0.3 is 5.11 Å². The fourth-order valence-corrected chi connectivity index (χ4v) is 2.90. The molecule has 7 heteroatoms. The maximum atomic E-state index is 12.5. The summed E-state index contributed by atoms with van der Waals surface area (Å²) < 4.78 is 38.7. The number of hydrogen-bond donors (Lipinski definition) is 1. The van der Waals surface area contributed by atoms with Crippen molar-refractivity contribution in [2.75, 3.05) is 13.1 Å². The number of rotatable bonds is 4. The summed E-state index contributed by atoms with van der Waals surface area (Å²) in [4.78, 5) is 2.11. The Morgan fingerprint density at radius 3 is 2.57 bits per heavy atom. The van der Waals surface area contributed by atoms with E-state index in [0.717, 1.165) is 30.3 Å². The number of halogens is 3. The molecule has 0 amide bonds. The van der Waals surface area contributed by atoms with Gasteiger partial charge in [0.05, 0.1) is 12.6 Å². The van der Waals surface area contributed by atoms with E-state index in [1.165, 1.54) is 17.3 Å². The van der Waals surface area contributed by atoms with Crippen molar-refractivity contribution in [2.24, 2.45) is 0 Å². The summed E-state index contributed by atoms with van der Waals surface area (Å²) in [5, 5.41) is 13.6. The monoisotopic (exact) mass is 325 g/mol. The average molecular weight is 325 g/mol. The minimum Gasteiger partial charge on any atom is -0.390 e. The summed E-state index contributed by atoms with van der Waals surface area (Å²) in [6.07, 6.45) is -3.05. The zero-order chi connectivity index (χ0) is 16.4. The molecule has 0 aliphatic carbocycles. The normalized spacial score (nSPS) is 17.0. The number of β-amino-alcohol motifs (C(OH)–C–C–N with tert-alkyl or cyclic N) is 1. The van der Waals surface area contributed by atoms with Gasteiger partial charge in [0.2, 0.25) is 0 Å². The Morgan fingerprint density at radius 2 is 1.87 bits per heavy atom. The molecular formula is C16H18F3N3O. The van der Waals surface area contributed by atoms with Gasteiger partial charge in [0.1, 0.15) is 0 Å². The van der Waals surface area contributed by atoms with Crippen LogP contribution in [0.1, 0.15) is 16.8 Å². The van der Waals surface area contributed by atoms with E-state index in [2.05, 4.69) is 22.1 Å². The lowest BCUT2D eigenvalue weighted by Gasteiger charge is -2.30. The first kappa shape index (κ1) is 16.0. The maximum Gasteiger partial charge on any atom is 0.435 e. The van der Waals surface area contributed by atoms with E-state index in [1.54, 1.807) is 0 Å². The van der Waals surface area contributed by atoms with Gasteiger partial charge in [-0.25, -0.2) is 0 Å². The predicted molar refractivity (Wildman–Crippen MR) is 78.7 cm³/mol. The second-order valence-electron chi connectivity index (χ2n) is 5.83. The SMILES string of the molecule is O[C@H](CN1CCc2ccccc2C1)Cn1ccc(C(F)(F)F)n1. The third-order valence-corrected chi connectivity index (χ3v) is 4.01. The molecule has 0 saturated heterocycles. The molecule has 0 unspecified atom stereocenters. The molecule has 23 heavy (non-hydrogen) atoms. The van der Waals surface area contributed by atoms with Crippen LogP contribution in [-0.4, -0.2) is 39.0 Å². The average Bonchev–Trinajstić information content (AvgIpc) is 2.95. The quantitative estimate of drug-likeness (QED) is 0.938. The predicted octanol–water partition coefficient (Wildman–Crippen LogP) is 2.32. The number of fused-ring (bicyclic) bond motifs is 1. The molecule has 2 heterocycles. The Kier molecular flexibility index (Phi) is 4.41. The summed E-state index contributed by atoms with van der Waals surface area (Å²) in [5.74, 6) is 0. The molecule has 124 valence electrons. The summed E-state index contributed by atoms with van der Waals surface area (Å²) >= 11 is 0. The van der Waals surface area contributed by atoms with E-state index < -0.39 is 18.0 Å². The lowest BCUT2D eigenvalue weighted by molar-refractivity contribution is -0.141. The van der Waals surface area contributed by atoms with Crippen molar-refractivity contribution in [1.82, 2.24) is 14.7 Å². The number of nitrogens with zero attached hydrogens (tertiary/aromatic N) is 3. The van der Waals surface area contributed by atoms with Gasteiger partial charge in [-0.3, -0.25) is 9.58 Å². The standard InChI is InChI=1S/C16H18F3N3O/c17-16(18,19)15-6-8-22(20-15)11-14(23)10-21-7-5-12-3-1-2-4-13(12)9-21/h1-4,6,8,14,23H,5,7,9-11H2/t14-/m1/s1. The molecule has 1 aliphatic rings. The molecule has 1 aromatic carbocycles. The lowest BCUT2D eigenvalue weighted by Crippen LogP contribution is -2.38. The Hall–Kier alpha value is -1.86. The van der Waals surface area contributed by atoms with Crippen LogP contribution in [0.3, 0.4) is 0 Å². The molecule has 0 saturated carbocycles. The van der Waals surface area contributed by atoms with Gasteiger partial charge in [-0.1, -0.05) is 24.3 Å². The Bertz CT molecular complexity index is 669. The number of aromatic nitrogens is 2. The molecule has 3 rings (SSSR count). The van der Waals surface area contributed by atoms with E-state index in [4.69, 9.17) is 0 Å². The first-order chi connectivity index (χ1) is 10.9. The number of aliphatic hydroxyl groups is 1. The van der Waals surface area contributed by atoms with Crippen molar-refractivity contribution >= 4 is 0 Å². The van der Waals surface area contributed by atoms with E-state index in [0.29, 0.717) is 6.54 Å². The van der Waals surface area contributed by atoms with Crippen LogP contribution in [0, 0.1) is 0 Å². The van der Waals surface area contributed by atoms with Gasteiger partial charge >= 0.3 is 6.18 Å². The molecule has 2 aromatic rings. The molecular weight excluding hydrogens is 307 g/mol. The molecule has 1 aliphatic heterocycles. The molecule has 1 aromatic heterocycles. The van der Waals surface area contributed by atoms with Crippen LogP contribution in [0.15, 0.2) is 36.5 Å². The number of alkyl halides is 3. The Balaban J connectivity index is 1.56. The fourth-order valence-electron chi connectivity index (χ4n) is 2.90. The van der Waals surface area contributed by atoms with Gasteiger partial charge in [-0.05, 0) is 23.6 Å². The van der Waals surface area contributed by atoms with Gasteiger partial charge in [-0.2, -0.15) is 18.3 Å². The largest absolute Gasteiger partial charge is 0.435 e. The summed E-state index contributed by atoms with van der Waals surface area (Å²) in [5.41, 5.74) is 1.63. The van der Waals surface area contributed by atoms with E-state index >= 15 is 0 Å². The van der Waals surface area contributed by atoms with Crippen molar-refractivity contribution in [3.63, 3.8) is 0 Å². The molecule has 0 bridgehead atoms. The number of hydrogen-bond acceptors (Lipinski definition) is 3. The Morgan fingerprint density at radius 1 is 1.13 bits per heavy atom. The smallest absolute Gasteiger partial charge is 0.390 e. The summed E-state index contributed by atoms with van der Waals surface area (Å²) in [6, 6.07) is 9.09. The van der Waals surface area contributed by atoms with Crippen molar-refractivity contribution in [3.05, 3.63) is 53.3 Å². The van der Waals surface area contributed by atoms with Crippen LogP contribution in [0.2, 0.25) is 0 Å². The summed E-state index contributed by atoms with van der Waals surface area (Å²) in [7, 11) is 0. The number of aliphatic hydroxyl groups excluding tert-OH is 1. The second-order valence-corrected chi connectivity index (χ2v) is 5.83. The number of benzene rings is 1. The van der Waals surface area contributed by atoms with E-state index in [1.807, 2.05) is 12.1 Å². The van der Waals surface area contributed by atoms with Gasteiger partial charge in [0.25, 0.3) is 0 Å². The molecule has 0 radical (unpaired) electrons. The minimum atomic E-state index is -4.45. The zero-order valence-electron chi connectivity index (χ0n) is 12.5. The van der Waals surface area contributed by atoms with Crippen molar-refractivity contribution in [1.29, 1.82) is 0 Å². The van der Waals surface area contributed by atoms with Gasteiger partial charge in [0.15, 0.2) is 5.69 Å². The third kappa shape index (κ3) is 3.92. The fraction of sp³-hybridized carbons (Fsp3) is 0.438. The van der Waals surface area contributed by atoms with Crippen LogP contribution in [0.4, 0.5) is 13.2 Å². The van der Waals surface area contributed by atoms with Crippen LogP contribution in [-0.2, 0) is 25.7 Å². The first-order valence-corrected chi connectivity index (χ1v) is 7.49. The van der Waals surface area contributed by atoms with Crippen molar-refractivity contribution in [2.45, 2.75) is 31.8 Å². The molecule has 0 fully saturated rings. The van der Waals surface area contributed by atoms with Crippen molar-refractivity contribution < 1.29 is 18.3 Å². The van der Waals surface area contributed by atoms with Gasteiger partial charge in [-0.15, -0.1) is 0 Å². The lowest BCUT2D eigenvalue weighted by atomic mass is 10.00. The molecule has 1 N–H and O–H groups in total. The highest BCUT2D eigenvalue weighted by molar-refractivity contribution is 5.29. The van der Waals surface area contributed by atoms with Crippen LogP contribution >= 0.6 is 0 Å². The van der Waals surface area contributed by atoms with E-state index in [-0.39, 0.29) is 6.54 Å². The highest BCUT2D eigenvalue weighted by Crippen LogP contribution is 2.27. The highest BCUT2D eigenvalue weighted by atomic mass is 19.4. The third-order valence-electron chi connectivity index (χ3n) is 4.01. The highest BCUT2D eigenvalue weighted by Gasteiger charge is 2.33. The Labute approximate surface area is 132 Å². The second kappa shape index (κ2) is 6.33. The van der Waals surface area contributed by atoms with Crippen LogP contribution in [0.5, 0.6) is 0 Å². The zero-order valence-corrected chi connectivity index (χ0v) is 12.5. The van der Waals surface area contributed by atoms with Crippen LogP contribution < -0.4 is 0 Å². The van der Waals surface area contributed by atoms with Gasteiger partial charge in [0, 0.05) is 25.8 Å². The first-order valence-electron chi connectivity index (χ1n) is 7.49. The molecule has 1 atom stereocenters. The topological polar surface area (TPSA) is 41.3 Å². The molecule has 4 nitrogen and oxygen atoms in total. The van der Waals surface area contributed by atoms with E-state index in [9.17, 15) is 18.3 Å². The minimum absolute atomic E-state index is 0.0498. The molecule has 0 spiro atoms.